The molecular weight excluding hydrogens is 432 g/mol. The number of rotatable bonds is 8. The summed E-state index contributed by atoms with van der Waals surface area (Å²) in [6, 6.07) is 17.3. The lowest BCUT2D eigenvalue weighted by Crippen LogP contribution is -2.45. The van der Waals surface area contributed by atoms with Crippen molar-refractivity contribution in [2.75, 3.05) is 25.9 Å². The Morgan fingerprint density at radius 1 is 1.06 bits per heavy atom. The maximum absolute atomic E-state index is 13.4. The summed E-state index contributed by atoms with van der Waals surface area (Å²) in [5, 5.41) is 0. The first-order valence-corrected chi connectivity index (χ1v) is 11.5. The van der Waals surface area contributed by atoms with Crippen molar-refractivity contribution in [2.24, 2.45) is 0 Å². The van der Waals surface area contributed by atoms with Gasteiger partial charge in [0.2, 0.25) is 0 Å². The Morgan fingerprint density at radius 2 is 1.76 bits per heavy atom. The lowest BCUT2D eigenvalue weighted by Gasteiger charge is -2.25. The molecule has 8 heteroatoms. The molecule has 0 radical (unpaired) electrons. The van der Waals surface area contributed by atoms with Crippen LogP contribution < -0.4 is 21.7 Å². The molecular formula is C26H30N4O4. The van der Waals surface area contributed by atoms with Crippen LogP contribution in [0.2, 0.25) is 0 Å². The molecule has 4 rings (SSSR count). The molecule has 1 atom stereocenters. The number of nitrogens with zero attached hydrogens (tertiary/aromatic N) is 3. The number of nitrogens with two attached hydrogens (primary N) is 1. The van der Waals surface area contributed by atoms with Gasteiger partial charge in [0.25, 0.3) is 5.56 Å². The minimum atomic E-state index is -0.625. The third-order valence-electron chi connectivity index (χ3n) is 6.46. The summed E-state index contributed by atoms with van der Waals surface area (Å²) in [7, 11) is 1.63. The van der Waals surface area contributed by atoms with Gasteiger partial charge in [-0.05, 0) is 49.6 Å². The van der Waals surface area contributed by atoms with Gasteiger partial charge in [0.05, 0.1) is 20.2 Å². The average molecular weight is 463 g/mol. The predicted molar refractivity (Wildman–Crippen MR) is 131 cm³/mol. The highest BCUT2D eigenvalue weighted by atomic mass is 16.5. The number of benzene rings is 2. The molecule has 1 fully saturated rings. The lowest BCUT2D eigenvalue weighted by atomic mass is 10.0. The van der Waals surface area contributed by atoms with Crippen LogP contribution in [-0.4, -0.2) is 40.0 Å². The molecule has 1 aliphatic rings. The summed E-state index contributed by atoms with van der Waals surface area (Å²) in [5.41, 5.74) is 7.01. The fourth-order valence-electron chi connectivity index (χ4n) is 4.66. The highest BCUT2D eigenvalue weighted by Gasteiger charge is 2.30. The molecule has 1 saturated heterocycles. The lowest BCUT2D eigenvalue weighted by molar-refractivity contribution is 0.0919. The first-order chi connectivity index (χ1) is 16.4. The van der Waals surface area contributed by atoms with E-state index in [2.05, 4.69) is 4.90 Å². The molecule has 0 aliphatic carbocycles. The number of ether oxygens (including phenoxy) is 1. The molecule has 1 aromatic heterocycles. The number of carbonyl (C=O) groups is 1. The zero-order valence-corrected chi connectivity index (χ0v) is 19.6. The number of hydrogen-bond acceptors (Lipinski definition) is 6. The quantitative estimate of drug-likeness (QED) is 0.517. The summed E-state index contributed by atoms with van der Waals surface area (Å²) < 4.78 is 7.64. The molecule has 2 N–H and O–H groups in total. The van der Waals surface area contributed by atoms with Crippen molar-refractivity contribution in [3.8, 4) is 5.75 Å². The largest absolute Gasteiger partial charge is 0.497 e. The van der Waals surface area contributed by atoms with E-state index in [0.29, 0.717) is 0 Å². The second-order valence-corrected chi connectivity index (χ2v) is 8.49. The number of hydrogen-bond donors (Lipinski definition) is 1. The topological polar surface area (TPSA) is 99.6 Å². The fraction of sp³-hybridized carbons (Fsp3) is 0.346. The monoisotopic (exact) mass is 462 g/mol. The smallest absolute Gasteiger partial charge is 0.332 e. The van der Waals surface area contributed by atoms with E-state index in [0.717, 1.165) is 40.8 Å². The van der Waals surface area contributed by atoms with Gasteiger partial charge in [-0.15, -0.1) is 0 Å². The molecule has 1 aliphatic heterocycles. The maximum atomic E-state index is 13.4. The fourth-order valence-corrected chi connectivity index (χ4v) is 4.66. The van der Waals surface area contributed by atoms with Crippen LogP contribution in [0.25, 0.3) is 0 Å². The zero-order valence-electron chi connectivity index (χ0n) is 19.6. The van der Waals surface area contributed by atoms with Gasteiger partial charge in [0.15, 0.2) is 5.78 Å². The maximum Gasteiger partial charge on any atom is 0.332 e. The van der Waals surface area contributed by atoms with E-state index in [4.69, 9.17) is 10.5 Å². The molecule has 0 bridgehead atoms. The van der Waals surface area contributed by atoms with Crippen molar-refractivity contribution < 1.29 is 9.53 Å². The number of Topliss-reactive ketones (excluding diaryl/α,β-unsaturated/α-hetero) is 1. The Balaban J connectivity index is 1.66. The summed E-state index contributed by atoms with van der Waals surface area (Å²) >= 11 is 0. The van der Waals surface area contributed by atoms with E-state index in [9.17, 15) is 14.4 Å². The van der Waals surface area contributed by atoms with E-state index in [1.165, 1.54) is 4.57 Å². The molecule has 2 heterocycles. The Kier molecular flexibility index (Phi) is 6.98. The highest BCUT2D eigenvalue weighted by Crippen LogP contribution is 2.32. The Hall–Kier alpha value is -3.65. The third kappa shape index (κ3) is 4.54. The standard InChI is InChI=1S/C26H30N4O4/c1-3-29-25(32)23(24(27)30(26(29)33)16-18-8-5-4-6-9-18)22(31)17-28-15-7-10-21(28)19-11-13-20(34-2)14-12-19/h4-6,8-9,11-14,21H,3,7,10,15-17,27H2,1-2H3. The third-order valence-corrected chi connectivity index (χ3v) is 6.46. The molecule has 8 nitrogen and oxygen atoms in total. The molecule has 0 amide bonds. The van der Waals surface area contributed by atoms with Crippen LogP contribution in [0.1, 0.15) is 47.3 Å². The second-order valence-electron chi connectivity index (χ2n) is 8.49. The molecule has 178 valence electrons. The average Bonchev–Trinajstić information content (AvgIpc) is 3.31. The van der Waals surface area contributed by atoms with Gasteiger partial charge >= 0.3 is 5.69 Å². The van der Waals surface area contributed by atoms with E-state index in [-0.39, 0.29) is 42.8 Å². The van der Waals surface area contributed by atoms with Crippen LogP contribution in [0.5, 0.6) is 5.75 Å². The second kappa shape index (κ2) is 10.1. The van der Waals surface area contributed by atoms with Gasteiger partial charge < -0.3 is 10.5 Å². The molecule has 0 saturated carbocycles. The molecule has 34 heavy (non-hydrogen) atoms. The predicted octanol–water partition coefficient (Wildman–Crippen LogP) is 2.69. The van der Waals surface area contributed by atoms with Crippen LogP contribution in [-0.2, 0) is 13.1 Å². The van der Waals surface area contributed by atoms with Gasteiger partial charge in [0.1, 0.15) is 17.1 Å². The minimum absolute atomic E-state index is 0.0589. The van der Waals surface area contributed by atoms with E-state index < -0.39 is 11.2 Å². The van der Waals surface area contributed by atoms with Crippen LogP contribution in [0.3, 0.4) is 0 Å². The van der Waals surface area contributed by atoms with Crippen molar-refractivity contribution in [1.82, 2.24) is 14.0 Å². The Morgan fingerprint density at radius 3 is 2.41 bits per heavy atom. The number of ketones is 1. The SMILES string of the molecule is CCn1c(=O)c(C(=O)CN2CCCC2c2ccc(OC)cc2)c(N)n(Cc2ccccc2)c1=O. The van der Waals surface area contributed by atoms with Crippen molar-refractivity contribution in [3.05, 3.63) is 92.1 Å². The van der Waals surface area contributed by atoms with Gasteiger partial charge in [-0.25, -0.2) is 4.79 Å². The minimum Gasteiger partial charge on any atom is -0.497 e. The van der Waals surface area contributed by atoms with Crippen LogP contribution in [0, 0.1) is 0 Å². The number of anilines is 1. The van der Waals surface area contributed by atoms with Crippen LogP contribution in [0.15, 0.2) is 64.2 Å². The van der Waals surface area contributed by atoms with Crippen molar-refractivity contribution >= 4 is 11.6 Å². The first-order valence-electron chi connectivity index (χ1n) is 11.5. The van der Waals surface area contributed by atoms with Crippen molar-refractivity contribution in [2.45, 2.75) is 38.9 Å². The zero-order chi connectivity index (χ0) is 24.2. The van der Waals surface area contributed by atoms with E-state index >= 15 is 0 Å². The van der Waals surface area contributed by atoms with Crippen molar-refractivity contribution in [3.63, 3.8) is 0 Å². The van der Waals surface area contributed by atoms with Gasteiger partial charge in [-0.1, -0.05) is 42.5 Å². The Labute approximate surface area is 198 Å². The number of likely N-dealkylation sites (tertiary alicyclic amines) is 1. The van der Waals surface area contributed by atoms with E-state index in [1.807, 2.05) is 54.6 Å². The molecule has 3 aromatic rings. The molecule has 0 spiro atoms. The first kappa shape index (κ1) is 23.5. The summed E-state index contributed by atoms with van der Waals surface area (Å²) in [6.45, 7) is 2.85. The number of aromatic nitrogens is 2. The van der Waals surface area contributed by atoms with Crippen LogP contribution in [0.4, 0.5) is 5.82 Å². The highest BCUT2D eigenvalue weighted by molar-refractivity contribution is 6.01. The van der Waals surface area contributed by atoms with Gasteiger partial charge in [-0.2, -0.15) is 0 Å². The number of nitrogen functional groups attached to an aromatic ring is 1. The van der Waals surface area contributed by atoms with Gasteiger partial charge in [0, 0.05) is 12.6 Å². The summed E-state index contributed by atoms with van der Waals surface area (Å²) in [5.74, 6) is 0.332. The van der Waals surface area contributed by atoms with E-state index in [1.54, 1.807) is 14.0 Å². The number of methoxy groups -OCH3 is 1. The normalized spacial score (nSPS) is 16.0. The van der Waals surface area contributed by atoms with Crippen LogP contribution >= 0.6 is 0 Å². The number of carbonyl (C=O) groups excluding carboxylic acids is 1. The Bertz CT molecular complexity index is 1280. The molecule has 1 unspecified atom stereocenters. The van der Waals surface area contributed by atoms with Gasteiger partial charge in [-0.3, -0.25) is 23.6 Å². The van der Waals surface area contributed by atoms with Crippen molar-refractivity contribution in [1.29, 1.82) is 0 Å². The summed E-state index contributed by atoms with van der Waals surface area (Å²) in [6.07, 6.45) is 1.87. The molecule has 2 aromatic carbocycles. The summed E-state index contributed by atoms with van der Waals surface area (Å²) in [4.78, 5) is 41.6.